The van der Waals surface area contributed by atoms with Crippen LogP contribution in [0.4, 0.5) is 5.82 Å². The van der Waals surface area contributed by atoms with Gasteiger partial charge in [0.05, 0.1) is 4.47 Å². The summed E-state index contributed by atoms with van der Waals surface area (Å²) in [5.74, 6) is 0.830. The maximum atomic E-state index is 9.08. The summed E-state index contributed by atoms with van der Waals surface area (Å²) in [6, 6.07) is 4.03. The van der Waals surface area contributed by atoms with Crippen LogP contribution in [0.25, 0.3) is 0 Å². The number of aromatic nitrogens is 1. The number of hydrogen-bond donors (Lipinski definition) is 2. The Bertz CT molecular complexity index is 336. The van der Waals surface area contributed by atoms with Crippen LogP contribution in [0.15, 0.2) is 22.8 Å². The number of halogens is 1. The molecule has 0 saturated heterocycles. The van der Waals surface area contributed by atoms with Crippen molar-refractivity contribution in [3.8, 4) is 0 Å². The largest absolute Gasteiger partial charge is 0.396 e. The van der Waals surface area contributed by atoms with Crippen LogP contribution in [0.3, 0.4) is 0 Å². The Balaban J connectivity index is 2.80. The average molecular weight is 287 g/mol. The fourth-order valence-electron chi connectivity index (χ4n) is 1.51. The lowest BCUT2D eigenvalue weighted by molar-refractivity contribution is 0.235. The molecule has 0 spiro atoms. The van der Waals surface area contributed by atoms with Crippen molar-refractivity contribution in [3.63, 3.8) is 0 Å². The van der Waals surface area contributed by atoms with E-state index in [1.807, 2.05) is 12.1 Å². The summed E-state index contributed by atoms with van der Waals surface area (Å²) >= 11 is 3.46. The van der Waals surface area contributed by atoms with E-state index in [9.17, 15) is 0 Å². The van der Waals surface area contributed by atoms with Gasteiger partial charge in [-0.3, -0.25) is 0 Å². The zero-order chi connectivity index (χ0) is 12.2. The molecular weight excluding hydrogens is 268 g/mol. The van der Waals surface area contributed by atoms with Crippen LogP contribution in [0.2, 0.25) is 0 Å². The smallest absolute Gasteiger partial charge is 0.140 e. The lowest BCUT2D eigenvalue weighted by Crippen LogP contribution is -2.35. The van der Waals surface area contributed by atoms with Crippen molar-refractivity contribution in [1.82, 2.24) is 4.98 Å². The Hall–Kier alpha value is -0.610. The molecule has 0 radical (unpaired) electrons. The van der Waals surface area contributed by atoms with Crippen LogP contribution in [0.5, 0.6) is 0 Å². The van der Waals surface area contributed by atoms with Crippen molar-refractivity contribution in [3.05, 3.63) is 22.8 Å². The highest BCUT2D eigenvalue weighted by molar-refractivity contribution is 9.10. The van der Waals surface area contributed by atoms with Crippen LogP contribution in [0.1, 0.15) is 27.2 Å². The van der Waals surface area contributed by atoms with Gasteiger partial charge in [-0.25, -0.2) is 4.98 Å². The highest BCUT2D eigenvalue weighted by Gasteiger charge is 2.24. The van der Waals surface area contributed by atoms with Gasteiger partial charge in [-0.15, -0.1) is 0 Å². The zero-order valence-corrected chi connectivity index (χ0v) is 11.6. The summed E-state index contributed by atoms with van der Waals surface area (Å²) in [4.78, 5) is 4.27. The minimum Gasteiger partial charge on any atom is -0.396 e. The first-order valence-electron chi connectivity index (χ1n) is 5.43. The molecule has 1 rings (SSSR count). The Kier molecular flexibility index (Phi) is 4.74. The molecule has 0 aliphatic rings. The first kappa shape index (κ1) is 13.5. The van der Waals surface area contributed by atoms with Crippen LogP contribution < -0.4 is 5.32 Å². The van der Waals surface area contributed by atoms with Crippen molar-refractivity contribution >= 4 is 21.7 Å². The van der Waals surface area contributed by atoms with E-state index in [4.69, 9.17) is 5.11 Å². The molecule has 0 fully saturated rings. The topological polar surface area (TPSA) is 45.1 Å². The SMILES string of the molecule is CC(C)(C)C(CCO)Nc1ncccc1Br. The summed E-state index contributed by atoms with van der Waals surface area (Å²) < 4.78 is 0.946. The van der Waals surface area contributed by atoms with E-state index in [2.05, 4.69) is 47.0 Å². The van der Waals surface area contributed by atoms with E-state index >= 15 is 0 Å². The van der Waals surface area contributed by atoms with Gasteiger partial charge in [0.1, 0.15) is 5.82 Å². The molecule has 4 heteroatoms. The van der Waals surface area contributed by atoms with Crippen LogP contribution in [-0.4, -0.2) is 22.7 Å². The number of pyridine rings is 1. The molecule has 1 atom stereocenters. The van der Waals surface area contributed by atoms with Crippen molar-refractivity contribution in [2.75, 3.05) is 11.9 Å². The van der Waals surface area contributed by atoms with Gasteiger partial charge in [0.15, 0.2) is 0 Å². The van der Waals surface area contributed by atoms with Crippen molar-refractivity contribution in [2.45, 2.75) is 33.2 Å². The molecule has 1 unspecified atom stereocenters. The van der Waals surface area contributed by atoms with E-state index in [-0.39, 0.29) is 18.1 Å². The molecule has 0 bridgehead atoms. The predicted molar refractivity (Wildman–Crippen MR) is 70.5 cm³/mol. The molecule has 0 aliphatic heterocycles. The minimum absolute atomic E-state index is 0.0830. The number of rotatable bonds is 4. The van der Waals surface area contributed by atoms with Gasteiger partial charge in [0, 0.05) is 18.8 Å². The van der Waals surface area contributed by atoms with Crippen LogP contribution >= 0.6 is 15.9 Å². The fraction of sp³-hybridized carbons (Fsp3) is 0.583. The Morgan fingerprint density at radius 1 is 1.50 bits per heavy atom. The maximum Gasteiger partial charge on any atom is 0.140 e. The van der Waals surface area contributed by atoms with Crippen molar-refractivity contribution in [2.24, 2.45) is 5.41 Å². The standard InChI is InChI=1S/C12H19BrN2O/c1-12(2,3)10(6-8-16)15-11-9(13)5-4-7-14-11/h4-5,7,10,16H,6,8H2,1-3H3,(H,14,15). The van der Waals surface area contributed by atoms with Crippen molar-refractivity contribution in [1.29, 1.82) is 0 Å². The molecule has 0 aliphatic carbocycles. The second-order valence-corrected chi connectivity index (χ2v) is 5.76. The third kappa shape index (κ3) is 3.76. The third-order valence-corrected chi connectivity index (χ3v) is 3.17. The fourth-order valence-corrected chi connectivity index (χ4v) is 1.88. The van der Waals surface area contributed by atoms with E-state index in [1.54, 1.807) is 6.20 Å². The Morgan fingerprint density at radius 2 is 2.19 bits per heavy atom. The van der Waals surface area contributed by atoms with Gasteiger partial charge in [-0.05, 0) is 39.9 Å². The molecule has 0 amide bonds. The number of nitrogens with zero attached hydrogens (tertiary/aromatic N) is 1. The molecule has 1 aromatic heterocycles. The van der Waals surface area contributed by atoms with Gasteiger partial charge in [-0.2, -0.15) is 0 Å². The number of nitrogens with one attached hydrogen (secondary N) is 1. The zero-order valence-electron chi connectivity index (χ0n) is 10.00. The van der Waals surface area contributed by atoms with Gasteiger partial charge in [0.2, 0.25) is 0 Å². The molecule has 0 aromatic carbocycles. The normalized spacial score (nSPS) is 13.6. The van der Waals surface area contributed by atoms with Crippen LogP contribution in [0, 0.1) is 5.41 Å². The summed E-state index contributed by atoms with van der Waals surface area (Å²) in [5.41, 5.74) is 0.0830. The summed E-state index contributed by atoms with van der Waals surface area (Å²) in [6.07, 6.45) is 2.47. The van der Waals surface area contributed by atoms with Crippen LogP contribution in [-0.2, 0) is 0 Å². The molecule has 0 saturated carbocycles. The molecule has 1 aromatic rings. The van der Waals surface area contributed by atoms with E-state index in [0.717, 1.165) is 10.3 Å². The Labute approximate surface area is 105 Å². The quantitative estimate of drug-likeness (QED) is 0.894. The first-order valence-corrected chi connectivity index (χ1v) is 6.22. The molecule has 16 heavy (non-hydrogen) atoms. The average Bonchev–Trinajstić information content (AvgIpc) is 2.19. The second kappa shape index (κ2) is 5.64. The molecule has 1 heterocycles. The molecule has 3 nitrogen and oxygen atoms in total. The van der Waals surface area contributed by atoms with Gasteiger partial charge in [-0.1, -0.05) is 20.8 Å². The lowest BCUT2D eigenvalue weighted by Gasteiger charge is -2.31. The van der Waals surface area contributed by atoms with E-state index < -0.39 is 0 Å². The number of anilines is 1. The predicted octanol–water partition coefficient (Wildman–Crippen LogP) is 3.05. The number of aliphatic hydroxyl groups excluding tert-OH is 1. The minimum atomic E-state index is 0.0830. The molecule has 90 valence electrons. The summed E-state index contributed by atoms with van der Waals surface area (Å²) in [6.45, 7) is 6.63. The number of aliphatic hydroxyl groups is 1. The van der Waals surface area contributed by atoms with Crippen molar-refractivity contribution < 1.29 is 5.11 Å². The van der Waals surface area contributed by atoms with Gasteiger partial charge in [0.25, 0.3) is 0 Å². The second-order valence-electron chi connectivity index (χ2n) is 4.91. The summed E-state index contributed by atoms with van der Waals surface area (Å²) in [5, 5.41) is 12.4. The monoisotopic (exact) mass is 286 g/mol. The molecular formula is C12H19BrN2O. The van der Waals surface area contributed by atoms with E-state index in [0.29, 0.717) is 6.42 Å². The first-order chi connectivity index (χ1) is 7.45. The highest BCUT2D eigenvalue weighted by Crippen LogP contribution is 2.27. The van der Waals surface area contributed by atoms with Gasteiger partial charge >= 0.3 is 0 Å². The van der Waals surface area contributed by atoms with E-state index in [1.165, 1.54) is 0 Å². The summed E-state index contributed by atoms with van der Waals surface area (Å²) in [7, 11) is 0. The van der Waals surface area contributed by atoms with Gasteiger partial charge < -0.3 is 10.4 Å². The Morgan fingerprint density at radius 3 is 2.69 bits per heavy atom. The highest BCUT2D eigenvalue weighted by atomic mass is 79.9. The maximum absolute atomic E-state index is 9.08. The lowest BCUT2D eigenvalue weighted by atomic mass is 9.85. The molecule has 2 N–H and O–H groups in total. The number of hydrogen-bond acceptors (Lipinski definition) is 3. The third-order valence-electron chi connectivity index (χ3n) is 2.53.